The van der Waals surface area contributed by atoms with E-state index in [1.165, 1.54) is 7.11 Å². The molecule has 0 saturated carbocycles. The first-order valence-electron chi connectivity index (χ1n) is 5.23. The van der Waals surface area contributed by atoms with Crippen LogP contribution in [0.15, 0.2) is 24.3 Å². The predicted molar refractivity (Wildman–Crippen MR) is 58.8 cm³/mol. The molecular formula is C12H16O4. The maximum absolute atomic E-state index is 11.6. The number of methoxy groups -OCH3 is 1. The normalized spacial score (nSPS) is 27.8. The van der Waals surface area contributed by atoms with Crippen molar-refractivity contribution in [1.29, 1.82) is 0 Å². The monoisotopic (exact) mass is 224 g/mol. The Morgan fingerprint density at radius 3 is 2.31 bits per heavy atom. The third-order valence-electron chi connectivity index (χ3n) is 2.76. The van der Waals surface area contributed by atoms with E-state index in [1.807, 2.05) is 19.1 Å². The number of carboxylic acid groups (broad SMARTS) is 1. The van der Waals surface area contributed by atoms with Crippen LogP contribution in [0.4, 0.5) is 0 Å². The van der Waals surface area contributed by atoms with Gasteiger partial charge in [0.1, 0.15) is 5.41 Å². The Bertz CT molecular complexity index is 327. The fraction of sp³-hybridized carbons (Fsp3) is 0.500. The molecule has 16 heavy (non-hydrogen) atoms. The molecule has 1 rings (SSSR count). The lowest BCUT2D eigenvalue weighted by atomic mass is 9.78. The van der Waals surface area contributed by atoms with E-state index in [0.717, 1.165) is 6.42 Å². The van der Waals surface area contributed by atoms with E-state index in [-0.39, 0.29) is 12.3 Å². The quantitative estimate of drug-likeness (QED) is 0.584. The van der Waals surface area contributed by atoms with Crippen LogP contribution in [0.3, 0.4) is 0 Å². The summed E-state index contributed by atoms with van der Waals surface area (Å²) in [5.41, 5.74) is -1.13. The van der Waals surface area contributed by atoms with E-state index in [9.17, 15) is 9.59 Å². The molecule has 0 aromatic carbocycles. The van der Waals surface area contributed by atoms with Crippen LogP contribution in [-0.4, -0.2) is 24.2 Å². The van der Waals surface area contributed by atoms with E-state index in [1.54, 1.807) is 12.2 Å². The van der Waals surface area contributed by atoms with Crippen LogP contribution >= 0.6 is 0 Å². The molecule has 1 aliphatic carbocycles. The van der Waals surface area contributed by atoms with E-state index in [2.05, 4.69) is 4.74 Å². The number of allylic oxidation sites excluding steroid dienone is 2. The molecule has 0 aromatic heterocycles. The van der Waals surface area contributed by atoms with E-state index in [0.29, 0.717) is 0 Å². The van der Waals surface area contributed by atoms with Crippen molar-refractivity contribution in [3.63, 3.8) is 0 Å². The molecule has 4 nitrogen and oxygen atoms in total. The molecule has 0 saturated heterocycles. The summed E-state index contributed by atoms with van der Waals surface area (Å²) >= 11 is 0. The van der Waals surface area contributed by atoms with E-state index < -0.39 is 17.4 Å². The highest BCUT2D eigenvalue weighted by Crippen LogP contribution is 2.33. The van der Waals surface area contributed by atoms with Gasteiger partial charge >= 0.3 is 11.9 Å². The SMILES string of the molecule is CCC1C=CC(CC(=O)O)(C(=O)OC)C=C1. The Balaban J connectivity index is 2.95. The molecule has 4 heteroatoms. The van der Waals surface area contributed by atoms with Crippen molar-refractivity contribution in [3.8, 4) is 0 Å². The van der Waals surface area contributed by atoms with Crippen LogP contribution in [0.5, 0.6) is 0 Å². The minimum Gasteiger partial charge on any atom is -0.481 e. The van der Waals surface area contributed by atoms with Gasteiger partial charge in [-0.05, 0) is 12.3 Å². The Hall–Kier alpha value is -1.58. The van der Waals surface area contributed by atoms with Gasteiger partial charge in [0.2, 0.25) is 0 Å². The maximum Gasteiger partial charge on any atom is 0.320 e. The minimum absolute atomic E-state index is 0.270. The minimum atomic E-state index is -1.13. The number of esters is 1. The van der Waals surface area contributed by atoms with Crippen molar-refractivity contribution in [2.75, 3.05) is 7.11 Å². The number of hydrogen-bond donors (Lipinski definition) is 1. The summed E-state index contributed by atoms with van der Waals surface area (Å²) < 4.78 is 4.66. The van der Waals surface area contributed by atoms with Crippen molar-refractivity contribution in [3.05, 3.63) is 24.3 Å². The van der Waals surface area contributed by atoms with Gasteiger partial charge in [-0.2, -0.15) is 0 Å². The van der Waals surface area contributed by atoms with Gasteiger partial charge in [-0.15, -0.1) is 0 Å². The molecule has 1 aliphatic rings. The van der Waals surface area contributed by atoms with Crippen LogP contribution in [0.2, 0.25) is 0 Å². The molecular weight excluding hydrogens is 208 g/mol. The maximum atomic E-state index is 11.6. The Morgan fingerprint density at radius 2 is 1.94 bits per heavy atom. The third kappa shape index (κ3) is 2.51. The van der Waals surface area contributed by atoms with Crippen LogP contribution < -0.4 is 0 Å². The summed E-state index contributed by atoms with van der Waals surface area (Å²) in [6.07, 6.45) is 7.66. The van der Waals surface area contributed by atoms with E-state index in [4.69, 9.17) is 5.11 Å². The highest BCUT2D eigenvalue weighted by Gasteiger charge is 2.38. The van der Waals surface area contributed by atoms with Gasteiger partial charge in [0.15, 0.2) is 0 Å². The molecule has 0 unspecified atom stereocenters. The molecule has 88 valence electrons. The molecule has 0 fully saturated rings. The van der Waals surface area contributed by atoms with Crippen LogP contribution in [0.1, 0.15) is 19.8 Å². The number of aliphatic carboxylic acids is 1. The van der Waals surface area contributed by atoms with Gasteiger partial charge in [0.05, 0.1) is 13.5 Å². The fourth-order valence-corrected chi connectivity index (χ4v) is 1.75. The van der Waals surface area contributed by atoms with Gasteiger partial charge in [-0.3, -0.25) is 9.59 Å². The van der Waals surface area contributed by atoms with E-state index >= 15 is 0 Å². The lowest BCUT2D eigenvalue weighted by molar-refractivity contribution is -0.152. The van der Waals surface area contributed by atoms with Crippen molar-refractivity contribution in [2.45, 2.75) is 19.8 Å². The second-order valence-corrected chi connectivity index (χ2v) is 3.89. The average molecular weight is 224 g/mol. The summed E-state index contributed by atoms with van der Waals surface area (Å²) in [6.45, 7) is 2.03. The molecule has 1 N–H and O–H groups in total. The van der Waals surface area contributed by atoms with Gasteiger partial charge in [-0.1, -0.05) is 31.2 Å². The molecule has 0 spiro atoms. The fourth-order valence-electron chi connectivity index (χ4n) is 1.75. The second-order valence-electron chi connectivity index (χ2n) is 3.89. The lowest BCUT2D eigenvalue weighted by Gasteiger charge is -2.26. The zero-order valence-corrected chi connectivity index (χ0v) is 9.47. The molecule has 0 bridgehead atoms. The topological polar surface area (TPSA) is 63.6 Å². The zero-order chi connectivity index (χ0) is 12.2. The van der Waals surface area contributed by atoms with Crippen LogP contribution in [0.25, 0.3) is 0 Å². The Labute approximate surface area is 94.6 Å². The smallest absolute Gasteiger partial charge is 0.320 e. The molecule has 0 atom stereocenters. The average Bonchev–Trinajstić information content (AvgIpc) is 2.28. The van der Waals surface area contributed by atoms with Crippen LogP contribution in [-0.2, 0) is 14.3 Å². The summed E-state index contributed by atoms with van der Waals surface area (Å²) in [4.78, 5) is 22.4. The number of ether oxygens (including phenoxy) is 1. The summed E-state index contributed by atoms with van der Waals surface area (Å²) in [7, 11) is 1.26. The molecule has 0 aromatic rings. The van der Waals surface area contributed by atoms with Gasteiger partial charge < -0.3 is 9.84 Å². The largest absolute Gasteiger partial charge is 0.481 e. The highest BCUT2D eigenvalue weighted by atomic mass is 16.5. The summed E-state index contributed by atoms with van der Waals surface area (Å²) in [6, 6.07) is 0. The first kappa shape index (κ1) is 12.5. The van der Waals surface area contributed by atoms with Crippen molar-refractivity contribution in [2.24, 2.45) is 11.3 Å². The zero-order valence-electron chi connectivity index (χ0n) is 9.47. The first-order valence-corrected chi connectivity index (χ1v) is 5.23. The Kier molecular flexibility index (Phi) is 3.88. The van der Waals surface area contributed by atoms with Gasteiger partial charge in [0.25, 0.3) is 0 Å². The number of hydrogen-bond acceptors (Lipinski definition) is 3. The van der Waals surface area contributed by atoms with Crippen molar-refractivity contribution in [1.82, 2.24) is 0 Å². The predicted octanol–water partition coefficient (Wildman–Crippen LogP) is 1.77. The third-order valence-corrected chi connectivity index (χ3v) is 2.76. The summed E-state index contributed by atoms with van der Waals surface area (Å²) in [5, 5.41) is 8.82. The van der Waals surface area contributed by atoms with Gasteiger partial charge in [0, 0.05) is 0 Å². The number of rotatable bonds is 4. The number of carbonyl (C=O) groups is 2. The lowest BCUT2D eigenvalue weighted by Crippen LogP contribution is -2.32. The number of carbonyl (C=O) groups excluding carboxylic acids is 1. The Morgan fingerprint density at radius 1 is 1.38 bits per heavy atom. The molecule has 0 radical (unpaired) electrons. The number of carboxylic acids is 1. The first-order chi connectivity index (χ1) is 7.54. The van der Waals surface area contributed by atoms with Crippen molar-refractivity contribution < 1.29 is 19.4 Å². The van der Waals surface area contributed by atoms with Gasteiger partial charge in [-0.25, -0.2) is 0 Å². The standard InChI is InChI=1S/C12H16O4/c1-3-9-4-6-12(7-5-9,8-10(13)14)11(15)16-2/h4-7,9H,3,8H2,1-2H3,(H,13,14). The highest BCUT2D eigenvalue weighted by molar-refractivity contribution is 5.87. The van der Waals surface area contributed by atoms with Crippen molar-refractivity contribution >= 4 is 11.9 Å². The van der Waals surface area contributed by atoms with Crippen LogP contribution in [0, 0.1) is 11.3 Å². The molecule has 0 aliphatic heterocycles. The summed E-state index contributed by atoms with van der Waals surface area (Å²) in [5.74, 6) is -1.28. The molecule has 0 heterocycles. The second kappa shape index (κ2) is 4.96. The molecule has 0 amide bonds.